The van der Waals surface area contributed by atoms with Crippen molar-refractivity contribution in [2.45, 2.75) is 82.8 Å². The Kier molecular flexibility index (Phi) is 10.2. The largest absolute Gasteiger partial charge is 0.458 e. The van der Waals surface area contributed by atoms with Crippen LogP contribution in [0.3, 0.4) is 0 Å². The first-order valence-electron chi connectivity index (χ1n) is 15.8. The number of ether oxygens (including phenoxy) is 1. The first kappa shape index (κ1) is 33.2. The van der Waals surface area contributed by atoms with Crippen LogP contribution in [-0.2, 0) is 46.3 Å². The van der Waals surface area contributed by atoms with Gasteiger partial charge >= 0.3 is 5.97 Å². The third-order valence-electron chi connectivity index (χ3n) is 8.60. The van der Waals surface area contributed by atoms with E-state index in [1.807, 2.05) is 30.3 Å². The number of nitrogens with one attached hydrogen (secondary N) is 5. The van der Waals surface area contributed by atoms with Crippen LogP contribution in [0.1, 0.15) is 44.7 Å². The number of fused-ring (bicyclic) bond motifs is 2. The quantitative estimate of drug-likeness (QED) is 0.256. The molecule has 5 amide bonds. The van der Waals surface area contributed by atoms with Gasteiger partial charge in [0.15, 0.2) is 0 Å². The lowest BCUT2D eigenvalue weighted by Gasteiger charge is -2.31. The summed E-state index contributed by atoms with van der Waals surface area (Å²) in [5, 5.41) is 11.6. The molecule has 0 spiro atoms. The van der Waals surface area contributed by atoms with E-state index < -0.39 is 71.8 Å². The summed E-state index contributed by atoms with van der Waals surface area (Å²) in [5.74, 6) is -3.77. The van der Waals surface area contributed by atoms with Crippen molar-refractivity contribution < 1.29 is 33.5 Å². The molecule has 2 fully saturated rings. The zero-order valence-electron chi connectivity index (χ0n) is 26.6. The topological polar surface area (TPSA) is 179 Å². The van der Waals surface area contributed by atoms with Gasteiger partial charge in [-0.1, -0.05) is 48.5 Å². The second-order valence-corrected chi connectivity index (χ2v) is 12.1. The summed E-state index contributed by atoms with van der Waals surface area (Å²) in [7, 11) is 0. The Morgan fingerprint density at radius 3 is 2.32 bits per heavy atom. The predicted molar refractivity (Wildman–Crippen MR) is 172 cm³/mol. The van der Waals surface area contributed by atoms with Crippen LogP contribution in [0.2, 0.25) is 0 Å². The molecule has 2 saturated heterocycles. The number of nitrogens with zero attached hydrogens (tertiary/aromatic N) is 1. The molecule has 13 heteroatoms. The lowest BCUT2D eigenvalue weighted by atomic mass is 10.0. The van der Waals surface area contributed by atoms with Crippen molar-refractivity contribution in [2.24, 2.45) is 0 Å². The molecule has 0 saturated carbocycles. The SMILES string of the molecule is CC(=O)N[C@@H]1C(=O)N[C@H](Cc2ccccc2)C(=O)N[C@H](C)C(=O)N2CCC[C@H]2C(=O)N[C@@H](Cc2c[nH]c3ccccc23)C(=O)O[C@@H]1C. The number of amides is 5. The van der Waals surface area contributed by atoms with Crippen LogP contribution < -0.4 is 21.3 Å². The van der Waals surface area contributed by atoms with Crippen molar-refractivity contribution >= 4 is 46.4 Å². The number of carbonyl (C=O) groups excluding carboxylic acids is 6. The maximum atomic E-state index is 13.8. The van der Waals surface area contributed by atoms with Crippen LogP contribution in [-0.4, -0.2) is 88.2 Å². The molecule has 5 N–H and O–H groups in total. The fourth-order valence-electron chi connectivity index (χ4n) is 6.18. The van der Waals surface area contributed by atoms with E-state index in [1.165, 1.54) is 25.7 Å². The first-order valence-corrected chi connectivity index (χ1v) is 15.8. The minimum atomic E-state index is -1.37. The molecule has 0 unspecified atom stereocenters. The van der Waals surface area contributed by atoms with Gasteiger partial charge in [-0.15, -0.1) is 0 Å². The molecule has 47 heavy (non-hydrogen) atoms. The number of carbonyl (C=O) groups is 6. The minimum Gasteiger partial charge on any atom is -0.458 e. The molecule has 13 nitrogen and oxygen atoms in total. The fourth-order valence-corrected chi connectivity index (χ4v) is 6.18. The number of aromatic amines is 1. The standard InChI is InChI=1S/C34H40N6O7/c1-19-33(45)40-15-9-14-28(40)31(43)39-27(17-23-18-35-25-13-8-7-12-24(23)25)34(46)47-20(2)29(37-21(3)41)32(44)38-26(30(42)36-19)16-22-10-5-4-6-11-22/h4-8,10-13,18-20,26-29,35H,9,14-17H2,1-3H3,(H,36,42)(H,37,41)(H,38,44)(H,39,43)/t19-,20-,26-,27+,28+,29+/m1/s1. The van der Waals surface area contributed by atoms with E-state index in [2.05, 4.69) is 26.3 Å². The molecular formula is C34H40N6O7. The lowest BCUT2D eigenvalue weighted by molar-refractivity contribution is -0.156. The number of cyclic esters (lactones) is 1. The molecule has 3 heterocycles. The van der Waals surface area contributed by atoms with E-state index in [0.29, 0.717) is 19.4 Å². The average molecular weight is 645 g/mol. The molecular weight excluding hydrogens is 604 g/mol. The van der Waals surface area contributed by atoms with E-state index in [-0.39, 0.29) is 12.8 Å². The second-order valence-electron chi connectivity index (χ2n) is 12.1. The van der Waals surface area contributed by atoms with Crippen molar-refractivity contribution in [1.82, 2.24) is 31.2 Å². The molecule has 5 rings (SSSR count). The number of H-pyrrole nitrogens is 1. The molecule has 6 atom stereocenters. The van der Waals surface area contributed by atoms with Gasteiger partial charge in [-0.25, -0.2) is 4.79 Å². The smallest absolute Gasteiger partial charge is 0.329 e. The van der Waals surface area contributed by atoms with E-state index >= 15 is 0 Å². The van der Waals surface area contributed by atoms with Crippen LogP contribution in [0.25, 0.3) is 10.9 Å². The van der Waals surface area contributed by atoms with E-state index in [9.17, 15) is 28.8 Å². The Labute approximate surface area is 272 Å². The maximum absolute atomic E-state index is 13.8. The Morgan fingerprint density at radius 2 is 1.57 bits per heavy atom. The number of esters is 1. The fraction of sp³-hybridized carbons (Fsp3) is 0.412. The summed E-state index contributed by atoms with van der Waals surface area (Å²) in [5.41, 5.74) is 2.34. The number of hydrogen-bond acceptors (Lipinski definition) is 7. The third-order valence-corrected chi connectivity index (χ3v) is 8.60. The van der Waals surface area contributed by atoms with Gasteiger partial charge in [0.25, 0.3) is 0 Å². The molecule has 2 aliphatic rings. The highest BCUT2D eigenvalue weighted by Crippen LogP contribution is 2.22. The summed E-state index contributed by atoms with van der Waals surface area (Å²) in [4.78, 5) is 85.2. The second kappa shape index (κ2) is 14.5. The molecule has 1 aromatic heterocycles. The van der Waals surface area contributed by atoms with Crippen molar-refractivity contribution in [2.75, 3.05) is 6.54 Å². The number of para-hydroxylation sites is 1. The molecule has 2 aromatic carbocycles. The Balaban J connectivity index is 1.50. The molecule has 248 valence electrons. The van der Waals surface area contributed by atoms with Gasteiger partial charge in [-0.2, -0.15) is 0 Å². The summed E-state index contributed by atoms with van der Waals surface area (Å²) >= 11 is 0. The summed E-state index contributed by atoms with van der Waals surface area (Å²) in [6.07, 6.45) is 1.64. The molecule has 3 aromatic rings. The van der Waals surface area contributed by atoms with Gasteiger partial charge in [0.2, 0.25) is 29.5 Å². The monoisotopic (exact) mass is 644 g/mol. The molecule has 0 bridgehead atoms. The highest BCUT2D eigenvalue weighted by Gasteiger charge is 2.40. The van der Waals surface area contributed by atoms with Crippen molar-refractivity contribution in [3.05, 3.63) is 71.9 Å². The summed E-state index contributed by atoms with van der Waals surface area (Å²) in [6, 6.07) is 10.9. The third kappa shape index (κ3) is 7.79. The summed E-state index contributed by atoms with van der Waals surface area (Å²) in [6.45, 7) is 4.50. The minimum absolute atomic E-state index is 0.0601. The van der Waals surface area contributed by atoms with Gasteiger partial charge in [0.05, 0.1) is 0 Å². The summed E-state index contributed by atoms with van der Waals surface area (Å²) < 4.78 is 5.77. The molecule has 2 aliphatic heterocycles. The van der Waals surface area contributed by atoms with Crippen LogP contribution in [0.15, 0.2) is 60.8 Å². The van der Waals surface area contributed by atoms with Crippen LogP contribution in [0.5, 0.6) is 0 Å². The average Bonchev–Trinajstić information content (AvgIpc) is 3.70. The van der Waals surface area contributed by atoms with Gasteiger partial charge < -0.3 is 35.9 Å². The maximum Gasteiger partial charge on any atom is 0.329 e. The number of benzene rings is 2. The molecule has 0 radical (unpaired) electrons. The number of aromatic nitrogens is 1. The Morgan fingerprint density at radius 1 is 0.872 bits per heavy atom. The normalized spacial score (nSPS) is 26.2. The van der Waals surface area contributed by atoms with E-state index in [0.717, 1.165) is 22.0 Å². The van der Waals surface area contributed by atoms with Gasteiger partial charge in [-0.05, 0) is 43.9 Å². The highest BCUT2D eigenvalue weighted by molar-refractivity contribution is 5.97. The Bertz CT molecular complexity index is 1660. The number of rotatable bonds is 5. The van der Waals surface area contributed by atoms with Crippen molar-refractivity contribution in [1.29, 1.82) is 0 Å². The highest BCUT2D eigenvalue weighted by atomic mass is 16.5. The predicted octanol–water partition coefficient (Wildman–Crippen LogP) is 0.868. The lowest BCUT2D eigenvalue weighted by Crippen LogP contribution is -2.61. The zero-order valence-corrected chi connectivity index (χ0v) is 26.6. The zero-order chi connectivity index (χ0) is 33.7. The van der Waals surface area contributed by atoms with Crippen LogP contribution in [0.4, 0.5) is 0 Å². The van der Waals surface area contributed by atoms with Crippen LogP contribution >= 0.6 is 0 Å². The van der Waals surface area contributed by atoms with Gasteiger partial charge in [-0.3, -0.25) is 24.0 Å². The van der Waals surface area contributed by atoms with E-state index in [4.69, 9.17) is 4.74 Å². The number of hydrogen-bond donors (Lipinski definition) is 5. The first-order chi connectivity index (χ1) is 22.5. The van der Waals surface area contributed by atoms with Gasteiger partial charge in [0, 0.05) is 43.4 Å². The Hall–Kier alpha value is -5.20. The van der Waals surface area contributed by atoms with Gasteiger partial charge in [0.1, 0.15) is 36.3 Å². The molecule has 0 aliphatic carbocycles. The van der Waals surface area contributed by atoms with Crippen molar-refractivity contribution in [3.8, 4) is 0 Å². The van der Waals surface area contributed by atoms with Crippen molar-refractivity contribution in [3.63, 3.8) is 0 Å². The van der Waals surface area contributed by atoms with E-state index in [1.54, 1.807) is 30.5 Å². The van der Waals surface area contributed by atoms with Crippen LogP contribution in [0, 0.1) is 0 Å².